The second kappa shape index (κ2) is 6.22. The van der Waals surface area contributed by atoms with Crippen LogP contribution in [0.3, 0.4) is 0 Å². The Balaban J connectivity index is 1.85. The van der Waals surface area contributed by atoms with E-state index in [1.165, 1.54) is 0 Å². The number of hydrogen-bond donors (Lipinski definition) is 2. The van der Waals surface area contributed by atoms with E-state index in [1.807, 2.05) is 54.3 Å². The van der Waals surface area contributed by atoms with E-state index in [0.717, 1.165) is 17.2 Å². The molecule has 3 aromatic rings. The van der Waals surface area contributed by atoms with Crippen molar-refractivity contribution in [3.8, 4) is 5.75 Å². The van der Waals surface area contributed by atoms with Crippen molar-refractivity contribution in [3.63, 3.8) is 0 Å². The van der Waals surface area contributed by atoms with E-state index in [2.05, 4.69) is 10.3 Å². The van der Waals surface area contributed by atoms with E-state index in [0.29, 0.717) is 10.8 Å². The molecular weight excluding hydrogens is 334 g/mol. The molecule has 1 fully saturated rings. The molecule has 6 heteroatoms. The Bertz CT molecular complexity index is 910. The number of aryl methyl sites for hydroxylation is 1. The average molecular weight is 351 g/mol. The highest BCUT2D eigenvalue weighted by Gasteiger charge is 2.43. The summed E-state index contributed by atoms with van der Waals surface area (Å²) in [5, 5.41) is 14.2. The van der Waals surface area contributed by atoms with Crippen molar-refractivity contribution in [2.45, 2.75) is 19.0 Å². The monoisotopic (exact) mass is 351 g/mol. The molecule has 1 saturated heterocycles. The van der Waals surface area contributed by atoms with Crippen LogP contribution in [0.1, 0.15) is 29.3 Å². The zero-order valence-corrected chi connectivity index (χ0v) is 14.4. The van der Waals surface area contributed by atoms with Gasteiger partial charge in [0.15, 0.2) is 5.11 Å². The summed E-state index contributed by atoms with van der Waals surface area (Å²) in [6, 6.07) is 16.4. The lowest BCUT2D eigenvalue weighted by Gasteiger charge is -2.26. The number of nitrogens with zero attached hydrogens (tertiary/aromatic N) is 2. The number of aromatic nitrogens is 1. The normalized spacial score (nSPS) is 19.9. The third-order valence-corrected chi connectivity index (χ3v) is 4.61. The van der Waals surface area contributed by atoms with Gasteiger partial charge in [-0.15, -0.1) is 0 Å². The molecule has 1 aromatic carbocycles. The van der Waals surface area contributed by atoms with Gasteiger partial charge < -0.3 is 19.7 Å². The van der Waals surface area contributed by atoms with Gasteiger partial charge in [0.25, 0.3) is 0 Å². The van der Waals surface area contributed by atoms with Crippen LogP contribution >= 0.6 is 12.2 Å². The number of rotatable bonds is 3. The first kappa shape index (κ1) is 15.7. The number of nitrogens with one attached hydrogen (secondary N) is 1. The number of anilines is 1. The molecule has 2 atom stereocenters. The Morgan fingerprint density at radius 1 is 1.12 bits per heavy atom. The molecule has 5 nitrogen and oxygen atoms in total. The lowest BCUT2D eigenvalue weighted by atomic mass is 10.0. The van der Waals surface area contributed by atoms with Gasteiger partial charge >= 0.3 is 0 Å². The summed E-state index contributed by atoms with van der Waals surface area (Å²) < 4.78 is 5.91. The van der Waals surface area contributed by atoms with Crippen LogP contribution in [-0.2, 0) is 0 Å². The minimum absolute atomic E-state index is 0.168. The first-order valence-electron chi connectivity index (χ1n) is 8.00. The molecule has 1 aliphatic heterocycles. The smallest absolute Gasteiger partial charge is 0.174 e. The summed E-state index contributed by atoms with van der Waals surface area (Å²) in [5.74, 6) is 1.76. The number of thiocarbonyl (C=S) groups is 1. The van der Waals surface area contributed by atoms with Crippen LogP contribution in [0.25, 0.3) is 0 Å². The van der Waals surface area contributed by atoms with Crippen LogP contribution in [-0.4, -0.2) is 15.2 Å². The van der Waals surface area contributed by atoms with E-state index < -0.39 is 0 Å². The lowest BCUT2D eigenvalue weighted by Crippen LogP contribution is -2.29. The zero-order valence-electron chi connectivity index (χ0n) is 13.6. The van der Waals surface area contributed by atoms with Crippen LogP contribution in [0.15, 0.2) is 65.2 Å². The Labute approximate surface area is 150 Å². The van der Waals surface area contributed by atoms with Gasteiger partial charge in [-0.05, 0) is 55.5 Å². The second-order valence-corrected chi connectivity index (χ2v) is 6.32. The van der Waals surface area contributed by atoms with Gasteiger partial charge in [0.1, 0.15) is 23.3 Å². The van der Waals surface area contributed by atoms with Crippen molar-refractivity contribution in [1.29, 1.82) is 0 Å². The Morgan fingerprint density at radius 3 is 2.60 bits per heavy atom. The average Bonchev–Trinajstić information content (AvgIpc) is 3.19. The van der Waals surface area contributed by atoms with Crippen LogP contribution in [0.4, 0.5) is 5.69 Å². The second-order valence-electron chi connectivity index (χ2n) is 5.93. The lowest BCUT2D eigenvalue weighted by molar-refractivity contribution is 0.415. The minimum atomic E-state index is -0.246. The fourth-order valence-corrected chi connectivity index (χ4v) is 3.52. The summed E-state index contributed by atoms with van der Waals surface area (Å²) in [5.41, 5.74) is 1.50. The predicted octanol–water partition coefficient (Wildman–Crippen LogP) is 3.87. The van der Waals surface area contributed by atoms with Gasteiger partial charge in [-0.1, -0.05) is 18.2 Å². The Hall–Kier alpha value is -2.86. The number of furan rings is 1. The number of aromatic hydroxyl groups is 1. The van der Waals surface area contributed by atoms with Crippen molar-refractivity contribution in [2.75, 3.05) is 4.90 Å². The summed E-state index contributed by atoms with van der Waals surface area (Å²) in [4.78, 5) is 6.37. The fourth-order valence-electron chi connectivity index (χ4n) is 3.18. The van der Waals surface area contributed by atoms with Crippen LogP contribution < -0.4 is 10.2 Å². The predicted molar refractivity (Wildman–Crippen MR) is 99.5 cm³/mol. The summed E-state index contributed by atoms with van der Waals surface area (Å²) >= 11 is 5.58. The molecule has 0 amide bonds. The first-order valence-corrected chi connectivity index (χ1v) is 8.41. The molecule has 0 unspecified atom stereocenters. The fraction of sp³-hybridized carbons (Fsp3) is 0.158. The van der Waals surface area contributed by atoms with Gasteiger partial charge in [-0.3, -0.25) is 4.98 Å². The zero-order chi connectivity index (χ0) is 17.4. The molecule has 25 heavy (non-hydrogen) atoms. The van der Waals surface area contributed by atoms with Gasteiger partial charge in [0, 0.05) is 6.20 Å². The maximum absolute atomic E-state index is 10.3. The quantitative estimate of drug-likeness (QED) is 0.699. The van der Waals surface area contributed by atoms with Crippen LogP contribution in [0.5, 0.6) is 5.75 Å². The van der Waals surface area contributed by atoms with E-state index in [-0.39, 0.29) is 17.8 Å². The van der Waals surface area contributed by atoms with Crippen LogP contribution in [0.2, 0.25) is 0 Å². The molecule has 2 aromatic heterocycles. The maximum Gasteiger partial charge on any atom is 0.174 e. The number of hydrogen-bond acceptors (Lipinski definition) is 4. The Morgan fingerprint density at radius 2 is 1.92 bits per heavy atom. The molecule has 4 rings (SSSR count). The van der Waals surface area contributed by atoms with E-state index in [4.69, 9.17) is 16.6 Å². The van der Waals surface area contributed by atoms with Crippen molar-refractivity contribution >= 4 is 23.0 Å². The SMILES string of the molecule is Cc1ccc([C@H]2[C@H](c3ccccn3)NC(=S)N2c2ccccc2O)o1. The third-order valence-electron chi connectivity index (χ3n) is 4.29. The maximum atomic E-state index is 10.3. The number of phenolic OH excluding ortho intramolecular Hbond substituents is 1. The van der Waals surface area contributed by atoms with Gasteiger partial charge in [-0.25, -0.2) is 0 Å². The van der Waals surface area contributed by atoms with Crippen LogP contribution in [0, 0.1) is 6.92 Å². The highest BCUT2D eigenvalue weighted by Crippen LogP contribution is 2.44. The highest BCUT2D eigenvalue weighted by atomic mass is 32.1. The summed E-state index contributed by atoms with van der Waals surface area (Å²) in [7, 11) is 0. The Kier molecular flexibility index (Phi) is 3.89. The van der Waals surface area contributed by atoms with Gasteiger partial charge in [-0.2, -0.15) is 0 Å². The third kappa shape index (κ3) is 2.74. The standard InChI is InChI=1S/C19H17N3O2S/c1-12-9-10-16(24-12)18-17(13-6-4-5-11-20-13)21-19(25)22(18)14-7-2-3-8-15(14)23/h2-11,17-18,23H,1H3,(H,21,25)/t17-,18-/m0/s1. The minimum Gasteiger partial charge on any atom is -0.506 e. The number of benzene rings is 1. The number of para-hydroxylation sites is 2. The first-order chi connectivity index (χ1) is 12.1. The molecule has 0 radical (unpaired) electrons. The van der Waals surface area contributed by atoms with Gasteiger partial charge in [0.05, 0.1) is 17.4 Å². The van der Waals surface area contributed by atoms with Gasteiger partial charge in [0.2, 0.25) is 0 Å². The van der Waals surface area contributed by atoms with Crippen molar-refractivity contribution in [2.24, 2.45) is 0 Å². The molecule has 0 saturated carbocycles. The molecule has 0 bridgehead atoms. The molecule has 0 aliphatic carbocycles. The van der Waals surface area contributed by atoms with E-state index in [1.54, 1.807) is 18.3 Å². The molecule has 0 spiro atoms. The number of pyridine rings is 1. The molecular formula is C19H17N3O2S. The van der Waals surface area contributed by atoms with Crippen molar-refractivity contribution in [1.82, 2.24) is 10.3 Å². The van der Waals surface area contributed by atoms with E-state index >= 15 is 0 Å². The van der Waals surface area contributed by atoms with Crippen molar-refractivity contribution < 1.29 is 9.52 Å². The molecule has 2 N–H and O–H groups in total. The van der Waals surface area contributed by atoms with E-state index in [9.17, 15) is 5.11 Å². The molecule has 1 aliphatic rings. The van der Waals surface area contributed by atoms with Crippen molar-refractivity contribution in [3.05, 3.63) is 78.0 Å². The highest BCUT2D eigenvalue weighted by molar-refractivity contribution is 7.80. The largest absolute Gasteiger partial charge is 0.506 e. The summed E-state index contributed by atoms with van der Waals surface area (Å²) in [6.45, 7) is 1.91. The molecule has 3 heterocycles. The number of phenols is 1. The molecule has 126 valence electrons. The summed E-state index contributed by atoms with van der Waals surface area (Å²) in [6.07, 6.45) is 1.76. The topological polar surface area (TPSA) is 61.5 Å².